The maximum atomic E-state index is 12.4. The van der Waals surface area contributed by atoms with Crippen LogP contribution in [0.15, 0.2) is 59.8 Å². The number of rotatable bonds is 7. The molecule has 0 saturated heterocycles. The monoisotopic (exact) mass is 426 g/mol. The van der Waals surface area contributed by atoms with Crippen LogP contribution in [0.5, 0.6) is 0 Å². The zero-order valence-electron chi connectivity index (χ0n) is 17.3. The lowest BCUT2D eigenvalue weighted by Crippen LogP contribution is -2.30. The van der Waals surface area contributed by atoms with E-state index in [4.69, 9.17) is 4.74 Å². The number of ether oxygens (including phenoxy) is 1. The van der Waals surface area contributed by atoms with Gasteiger partial charge >= 0.3 is 12.0 Å². The molecular weight excluding hydrogens is 400 g/mol. The van der Waals surface area contributed by atoms with Crippen LogP contribution < -0.4 is 10.6 Å². The van der Waals surface area contributed by atoms with Crippen LogP contribution in [0.3, 0.4) is 0 Å². The van der Waals surface area contributed by atoms with Gasteiger partial charge in [0, 0.05) is 18.0 Å². The summed E-state index contributed by atoms with van der Waals surface area (Å²) < 4.78 is 7.33. The molecule has 1 aromatic heterocycles. The Kier molecular flexibility index (Phi) is 6.99. The van der Waals surface area contributed by atoms with E-state index in [-0.39, 0.29) is 18.5 Å². The molecule has 3 rings (SSSR count). The summed E-state index contributed by atoms with van der Waals surface area (Å²) in [6.45, 7) is 6.08. The van der Waals surface area contributed by atoms with Crippen molar-refractivity contribution in [1.29, 1.82) is 0 Å². The number of anilines is 1. The van der Waals surface area contributed by atoms with E-state index >= 15 is 0 Å². The normalized spacial score (nSPS) is 11.3. The van der Waals surface area contributed by atoms with Crippen molar-refractivity contribution in [2.45, 2.75) is 38.1 Å². The number of nitrogens with zero attached hydrogens (tertiary/aromatic N) is 2. The van der Waals surface area contributed by atoms with Crippen LogP contribution in [0.4, 0.5) is 10.5 Å². The number of amides is 2. The molecule has 158 valence electrons. The Bertz CT molecular complexity index is 1010. The van der Waals surface area contributed by atoms with E-state index in [1.54, 1.807) is 0 Å². The van der Waals surface area contributed by atoms with E-state index in [9.17, 15) is 9.59 Å². The maximum absolute atomic E-state index is 12.4. The molecule has 0 radical (unpaired) electrons. The lowest BCUT2D eigenvalue weighted by Gasteiger charge is -2.20. The van der Waals surface area contributed by atoms with E-state index in [2.05, 4.69) is 15.6 Å². The van der Waals surface area contributed by atoms with Crippen molar-refractivity contribution in [3.8, 4) is 0 Å². The third-order valence-electron chi connectivity index (χ3n) is 3.98. The van der Waals surface area contributed by atoms with Crippen LogP contribution in [0.25, 0.3) is 11.0 Å². The SMILES string of the molecule is CC(C)(C)OC(=O)Cn1c(SCCNC(=O)Nc2ccccc2)nc2ccccc21. The number of fused-ring (bicyclic) bond motifs is 1. The highest BCUT2D eigenvalue weighted by Crippen LogP contribution is 2.24. The smallest absolute Gasteiger partial charge is 0.326 e. The topological polar surface area (TPSA) is 85.2 Å². The molecule has 0 saturated carbocycles. The number of benzene rings is 2. The second-order valence-corrected chi connectivity index (χ2v) is 8.71. The molecule has 1 heterocycles. The van der Waals surface area contributed by atoms with Gasteiger partial charge in [0.2, 0.25) is 0 Å². The first-order valence-corrected chi connectivity index (χ1v) is 10.7. The number of carbonyl (C=O) groups excluding carboxylic acids is 2. The maximum Gasteiger partial charge on any atom is 0.326 e. The molecule has 0 atom stereocenters. The second-order valence-electron chi connectivity index (χ2n) is 7.65. The van der Waals surface area contributed by atoms with Crippen LogP contribution in [-0.4, -0.2) is 39.5 Å². The fourth-order valence-corrected chi connectivity index (χ4v) is 3.69. The predicted octanol–water partition coefficient (Wildman–Crippen LogP) is 4.29. The minimum Gasteiger partial charge on any atom is -0.459 e. The Balaban J connectivity index is 1.60. The number of thioether (sulfide) groups is 1. The van der Waals surface area contributed by atoms with Crippen LogP contribution in [0, 0.1) is 0 Å². The number of para-hydroxylation sites is 3. The van der Waals surface area contributed by atoms with Crippen molar-refractivity contribution < 1.29 is 14.3 Å². The molecule has 0 aliphatic carbocycles. The van der Waals surface area contributed by atoms with Gasteiger partial charge in [0.25, 0.3) is 0 Å². The molecule has 0 bridgehead atoms. The number of hydrogen-bond acceptors (Lipinski definition) is 5. The zero-order valence-corrected chi connectivity index (χ0v) is 18.2. The zero-order chi connectivity index (χ0) is 21.6. The lowest BCUT2D eigenvalue weighted by atomic mass is 10.2. The molecule has 2 N–H and O–H groups in total. The second kappa shape index (κ2) is 9.67. The Labute approximate surface area is 180 Å². The summed E-state index contributed by atoms with van der Waals surface area (Å²) in [7, 11) is 0. The molecule has 3 aromatic rings. The van der Waals surface area contributed by atoms with Gasteiger partial charge in [0.15, 0.2) is 5.16 Å². The first kappa shape index (κ1) is 21.7. The molecule has 7 nitrogen and oxygen atoms in total. The number of imidazole rings is 1. The summed E-state index contributed by atoms with van der Waals surface area (Å²) in [5.41, 5.74) is 1.89. The number of hydrogen-bond donors (Lipinski definition) is 2. The summed E-state index contributed by atoms with van der Waals surface area (Å²) >= 11 is 1.48. The highest BCUT2D eigenvalue weighted by atomic mass is 32.2. The Morgan fingerprint density at radius 1 is 1.07 bits per heavy atom. The molecule has 0 fully saturated rings. The Hall–Kier alpha value is -3.00. The summed E-state index contributed by atoms with van der Waals surface area (Å²) in [5, 5.41) is 6.32. The minimum atomic E-state index is -0.545. The van der Waals surface area contributed by atoms with Gasteiger partial charge in [-0.15, -0.1) is 0 Å². The van der Waals surface area contributed by atoms with Crippen LogP contribution in [-0.2, 0) is 16.1 Å². The van der Waals surface area contributed by atoms with Gasteiger partial charge < -0.3 is 19.9 Å². The summed E-state index contributed by atoms with van der Waals surface area (Å²) in [6, 6.07) is 16.7. The third-order valence-corrected chi connectivity index (χ3v) is 4.96. The van der Waals surface area contributed by atoms with E-state index < -0.39 is 5.60 Å². The largest absolute Gasteiger partial charge is 0.459 e. The van der Waals surface area contributed by atoms with Gasteiger partial charge in [0.05, 0.1) is 11.0 Å². The van der Waals surface area contributed by atoms with Crippen molar-refractivity contribution in [2.24, 2.45) is 0 Å². The van der Waals surface area contributed by atoms with Gasteiger partial charge in [-0.3, -0.25) is 4.79 Å². The number of esters is 1. The molecule has 0 unspecified atom stereocenters. The van der Waals surface area contributed by atoms with Crippen molar-refractivity contribution in [3.05, 3.63) is 54.6 Å². The quantitative estimate of drug-likeness (QED) is 0.334. The van der Waals surface area contributed by atoms with Crippen molar-refractivity contribution in [3.63, 3.8) is 0 Å². The van der Waals surface area contributed by atoms with E-state index in [0.717, 1.165) is 16.7 Å². The van der Waals surface area contributed by atoms with Crippen LogP contribution in [0.2, 0.25) is 0 Å². The molecule has 30 heavy (non-hydrogen) atoms. The fraction of sp³-hybridized carbons (Fsp3) is 0.318. The summed E-state index contributed by atoms with van der Waals surface area (Å²) in [4.78, 5) is 29.0. The molecule has 2 aromatic carbocycles. The number of carbonyl (C=O) groups is 2. The van der Waals surface area contributed by atoms with Crippen molar-refractivity contribution in [1.82, 2.24) is 14.9 Å². The molecule has 2 amide bonds. The first-order valence-electron chi connectivity index (χ1n) is 9.72. The van der Waals surface area contributed by atoms with Crippen LogP contribution >= 0.6 is 11.8 Å². The van der Waals surface area contributed by atoms with Crippen LogP contribution in [0.1, 0.15) is 20.8 Å². The number of nitrogens with one attached hydrogen (secondary N) is 2. The summed E-state index contributed by atoms with van der Waals surface area (Å²) in [5.74, 6) is 0.299. The number of aromatic nitrogens is 2. The third kappa shape index (κ3) is 6.25. The predicted molar refractivity (Wildman–Crippen MR) is 120 cm³/mol. The first-order chi connectivity index (χ1) is 14.3. The highest BCUT2D eigenvalue weighted by molar-refractivity contribution is 7.99. The van der Waals surface area contributed by atoms with Gasteiger partial charge in [-0.2, -0.15) is 0 Å². The van der Waals surface area contributed by atoms with Gasteiger partial charge in [-0.05, 0) is 45.0 Å². The molecule has 0 spiro atoms. The highest BCUT2D eigenvalue weighted by Gasteiger charge is 2.19. The molecule has 8 heteroatoms. The van der Waals surface area contributed by atoms with Gasteiger partial charge in [-0.1, -0.05) is 42.1 Å². The Morgan fingerprint density at radius 3 is 2.50 bits per heavy atom. The van der Waals surface area contributed by atoms with Crippen molar-refractivity contribution in [2.75, 3.05) is 17.6 Å². The van der Waals surface area contributed by atoms with Crippen molar-refractivity contribution >= 4 is 40.5 Å². The van der Waals surface area contributed by atoms with E-state index in [1.807, 2.05) is 79.9 Å². The van der Waals surface area contributed by atoms with E-state index in [1.165, 1.54) is 11.8 Å². The minimum absolute atomic E-state index is 0.0854. The standard InChI is InChI=1S/C22H26N4O3S/c1-22(2,3)29-19(27)15-26-18-12-8-7-11-17(18)25-21(26)30-14-13-23-20(28)24-16-9-5-4-6-10-16/h4-12H,13-15H2,1-3H3,(H2,23,24,28). The average Bonchev–Trinajstić information content (AvgIpc) is 3.02. The molecular formula is C22H26N4O3S. The summed E-state index contributed by atoms with van der Waals surface area (Å²) in [6.07, 6.45) is 0. The average molecular weight is 427 g/mol. The van der Waals surface area contributed by atoms with Gasteiger partial charge in [0.1, 0.15) is 12.1 Å². The van der Waals surface area contributed by atoms with E-state index in [0.29, 0.717) is 17.5 Å². The van der Waals surface area contributed by atoms with Gasteiger partial charge in [-0.25, -0.2) is 9.78 Å². The lowest BCUT2D eigenvalue weighted by molar-refractivity contribution is -0.155. The Morgan fingerprint density at radius 2 is 1.77 bits per heavy atom. The molecule has 0 aliphatic heterocycles. The molecule has 0 aliphatic rings. The number of urea groups is 1. The fourth-order valence-electron chi connectivity index (χ4n) is 2.82.